The second-order valence-electron chi connectivity index (χ2n) is 6.33. The van der Waals surface area contributed by atoms with Gasteiger partial charge in [-0.15, -0.1) is 10.2 Å². The van der Waals surface area contributed by atoms with Crippen molar-refractivity contribution < 1.29 is 13.9 Å². The lowest BCUT2D eigenvalue weighted by Crippen LogP contribution is -2.16. The van der Waals surface area contributed by atoms with E-state index in [1.54, 1.807) is 14.2 Å². The number of para-hydroxylation sites is 2. The lowest BCUT2D eigenvalue weighted by Gasteiger charge is -2.23. The summed E-state index contributed by atoms with van der Waals surface area (Å²) in [6, 6.07) is 25.7. The number of aromatic nitrogens is 2. The van der Waals surface area contributed by atoms with E-state index in [1.807, 2.05) is 54.6 Å². The summed E-state index contributed by atoms with van der Waals surface area (Å²) in [4.78, 5) is 2.13. The fourth-order valence-corrected chi connectivity index (χ4v) is 3.09. The normalized spacial score (nSPS) is 10.6. The van der Waals surface area contributed by atoms with E-state index in [-0.39, 0.29) is 0 Å². The lowest BCUT2D eigenvalue weighted by atomic mass is 10.2. The van der Waals surface area contributed by atoms with Crippen molar-refractivity contribution >= 4 is 11.4 Å². The largest absolute Gasteiger partial charge is 0.493 e. The van der Waals surface area contributed by atoms with Gasteiger partial charge in [-0.2, -0.15) is 0 Å². The molecule has 1 heterocycles. The van der Waals surface area contributed by atoms with E-state index in [0.29, 0.717) is 29.8 Å². The molecular weight excluding hydrogens is 366 g/mol. The van der Waals surface area contributed by atoms with Crippen molar-refractivity contribution in [2.75, 3.05) is 19.1 Å². The zero-order valence-corrected chi connectivity index (χ0v) is 16.3. The number of hydrogen-bond donors (Lipinski definition) is 0. The minimum Gasteiger partial charge on any atom is -0.493 e. The van der Waals surface area contributed by atoms with E-state index in [2.05, 4.69) is 39.4 Å². The summed E-state index contributed by atoms with van der Waals surface area (Å²) >= 11 is 0. The summed E-state index contributed by atoms with van der Waals surface area (Å²) in [6.07, 6.45) is 0. The fourth-order valence-electron chi connectivity index (χ4n) is 3.09. The molecule has 0 atom stereocenters. The molecule has 6 nitrogen and oxygen atoms in total. The van der Waals surface area contributed by atoms with Crippen LogP contribution >= 0.6 is 0 Å². The molecule has 29 heavy (non-hydrogen) atoms. The third kappa shape index (κ3) is 4.06. The first-order valence-electron chi connectivity index (χ1n) is 9.21. The molecule has 0 amide bonds. The monoisotopic (exact) mass is 387 g/mol. The molecular formula is C23H21N3O3. The van der Waals surface area contributed by atoms with Gasteiger partial charge < -0.3 is 18.8 Å². The maximum absolute atomic E-state index is 5.96. The number of nitrogens with zero attached hydrogens (tertiary/aromatic N) is 3. The second kappa shape index (κ2) is 8.48. The van der Waals surface area contributed by atoms with Crippen LogP contribution in [0.2, 0.25) is 0 Å². The molecule has 0 saturated heterocycles. The smallest absolute Gasteiger partial charge is 0.247 e. The Bertz CT molecular complexity index is 1030. The van der Waals surface area contributed by atoms with Crippen LogP contribution in [0.3, 0.4) is 0 Å². The molecule has 6 heteroatoms. The molecule has 0 spiro atoms. The first kappa shape index (κ1) is 18.6. The maximum atomic E-state index is 5.96. The maximum Gasteiger partial charge on any atom is 0.247 e. The molecule has 0 N–H and O–H groups in total. The van der Waals surface area contributed by atoms with Crippen molar-refractivity contribution in [1.29, 1.82) is 0 Å². The van der Waals surface area contributed by atoms with Crippen molar-refractivity contribution in [3.63, 3.8) is 0 Å². The quantitative estimate of drug-likeness (QED) is 0.440. The number of benzene rings is 3. The zero-order chi connectivity index (χ0) is 20.1. The predicted octanol–water partition coefficient (Wildman–Crippen LogP) is 5.09. The molecule has 0 radical (unpaired) electrons. The Hall–Kier alpha value is -3.80. The molecule has 0 fully saturated rings. The molecule has 0 unspecified atom stereocenters. The van der Waals surface area contributed by atoms with Crippen LogP contribution in [0.5, 0.6) is 11.5 Å². The van der Waals surface area contributed by atoms with E-state index < -0.39 is 0 Å². The molecule has 146 valence electrons. The Labute approximate surface area is 169 Å². The highest BCUT2D eigenvalue weighted by Crippen LogP contribution is 2.32. The number of anilines is 2. The van der Waals surface area contributed by atoms with Gasteiger partial charge in [0.25, 0.3) is 0 Å². The molecule has 0 bridgehead atoms. The molecule has 0 aliphatic heterocycles. The van der Waals surface area contributed by atoms with Gasteiger partial charge in [0, 0.05) is 16.9 Å². The Balaban J connectivity index is 1.63. The standard InChI is InChI=1S/C23H21N3O3/c1-27-20-14-13-17(15-21(20)28-2)23-25-24-22(29-23)16-26(18-9-5-3-6-10-18)19-11-7-4-8-12-19/h3-15H,16H2,1-2H3. The van der Waals surface area contributed by atoms with E-state index >= 15 is 0 Å². The molecule has 1 aromatic heterocycles. The molecule has 0 aliphatic carbocycles. The number of ether oxygens (including phenoxy) is 2. The van der Waals surface area contributed by atoms with Crippen LogP contribution < -0.4 is 14.4 Å². The molecule has 3 aromatic carbocycles. The van der Waals surface area contributed by atoms with Crippen LogP contribution in [0.4, 0.5) is 11.4 Å². The van der Waals surface area contributed by atoms with Gasteiger partial charge in [-0.1, -0.05) is 36.4 Å². The van der Waals surface area contributed by atoms with Crippen LogP contribution in [0, 0.1) is 0 Å². The van der Waals surface area contributed by atoms with Crippen LogP contribution in [0.15, 0.2) is 83.3 Å². The van der Waals surface area contributed by atoms with Gasteiger partial charge in [-0.25, -0.2) is 0 Å². The van der Waals surface area contributed by atoms with Gasteiger partial charge in [-0.3, -0.25) is 0 Å². The third-order valence-corrected chi connectivity index (χ3v) is 4.53. The molecule has 0 aliphatic rings. The fraction of sp³-hybridized carbons (Fsp3) is 0.130. The summed E-state index contributed by atoms with van der Waals surface area (Å²) in [5.41, 5.74) is 2.86. The van der Waals surface area contributed by atoms with Crippen LogP contribution in [0.25, 0.3) is 11.5 Å². The third-order valence-electron chi connectivity index (χ3n) is 4.53. The van der Waals surface area contributed by atoms with Crippen molar-refractivity contribution in [3.8, 4) is 23.0 Å². The minimum atomic E-state index is 0.432. The van der Waals surface area contributed by atoms with Gasteiger partial charge in [0.2, 0.25) is 11.8 Å². The van der Waals surface area contributed by atoms with Gasteiger partial charge >= 0.3 is 0 Å². The van der Waals surface area contributed by atoms with E-state index in [1.165, 1.54) is 0 Å². The van der Waals surface area contributed by atoms with Crippen LogP contribution in [-0.4, -0.2) is 24.4 Å². The summed E-state index contributed by atoms with van der Waals surface area (Å²) < 4.78 is 16.6. The van der Waals surface area contributed by atoms with E-state index in [0.717, 1.165) is 16.9 Å². The first-order valence-corrected chi connectivity index (χ1v) is 9.21. The van der Waals surface area contributed by atoms with Crippen LogP contribution in [-0.2, 0) is 6.54 Å². The SMILES string of the molecule is COc1ccc(-c2nnc(CN(c3ccccc3)c3ccccc3)o2)cc1OC. The Morgan fingerprint density at radius 3 is 1.97 bits per heavy atom. The first-order chi connectivity index (χ1) is 14.3. The van der Waals surface area contributed by atoms with Crippen molar-refractivity contribution in [1.82, 2.24) is 10.2 Å². The summed E-state index contributed by atoms with van der Waals surface area (Å²) in [7, 11) is 3.20. The highest BCUT2D eigenvalue weighted by atomic mass is 16.5. The molecule has 4 aromatic rings. The average molecular weight is 387 g/mol. The molecule has 4 rings (SSSR count). The minimum absolute atomic E-state index is 0.432. The summed E-state index contributed by atoms with van der Waals surface area (Å²) in [6.45, 7) is 0.453. The second-order valence-corrected chi connectivity index (χ2v) is 6.33. The van der Waals surface area contributed by atoms with Gasteiger partial charge in [0.05, 0.1) is 14.2 Å². The van der Waals surface area contributed by atoms with Crippen molar-refractivity contribution in [2.24, 2.45) is 0 Å². The number of methoxy groups -OCH3 is 2. The highest BCUT2D eigenvalue weighted by molar-refractivity contribution is 5.63. The molecule has 0 saturated carbocycles. The Kier molecular flexibility index (Phi) is 5.42. The van der Waals surface area contributed by atoms with Crippen molar-refractivity contribution in [3.05, 3.63) is 84.8 Å². The number of rotatable bonds is 7. The topological polar surface area (TPSA) is 60.6 Å². The Morgan fingerprint density at radius 2 is 1.38 bits per heavy atom. The van der Waals surface area contributed by atoms with Crippen molar-refractivity contribution in [2.45, 2.75) is 6.54 Å². The Morgan fingerprint density at radius 1 is 0.759 bits per heavy atom. The van der Waals surface area contributed by atoms with Crippen LogP contribution in [0.1, 0.15) is 5.89 Å². The van der Waals surface area contributed by atoms with E-state index in [9.17, 15) is 0 Å². The van der Waals surface area contributed by atoms with E-state index in [4.69, 9.17) is 13.9 Å². The average Bonchev–Trinajstić information content (AvgIpc) is 3.27. The zero-order valence-electron chi connectivity index (χ0n) is 16.3. The predicted molar refractivity (Wildman–Crippen MR) is 112 cm³/mol. The highest BCUT2D eigenvalue weighted by Gasteiger charge is 2.16. The number of hydrogen-bond acceptors (Lipinski definition) is 6. The summed E-state index contributed by atoms with van der Waals surface area (Å²) in [5, 5.41) is 8.47. The lowest BCUT2D eigenvalue weighted by molar-refractivity contribution is 0.355. The van der Waals surface area contributed by atoms with Gasteiger partial charge in [-0.05, 0) is 42.5 Å². The summed E-state index contributed by atoms with van der Waals surface area (Å²) in [5.74, 6) is 2.21. The van der Waals surface area contributed by atoms with Gasteiger partial charge in [0.15, 0.2) is 11.5 Å². The van der Waals surface area contributed by atoms with Gasteiger partial charge in [0.1, 0.15) is 6.54 Å².